The van der Waals surface area contributed by atoms with Crippen LogP contribution in [0.4, 0.5) is 11.4 Å². The fourth-order valence-electron chi connectivity index (χ4n) is 7.63. The monoisotopic (exact) mass is 770 g/mol. The van der Waals surface area contributed by atoms with Gasteiger partial charge in [0, 0.05) is 87.9 Å². The molecule has 0 bridgehead atoms. The molecule has 7 nitrogen and oxygen atoms in total. The second-order valence-corrected chi connectivity index (χ2v) is 15.6. The molecule has 8 aromatic rings. The summed E-state index contributed by atoms with van der Waals surface area (Å²) < 4.78 is 7.13. The maximum atomic E-state index is 5.88. The van der Waals surface area contributed by atoms with Crippen molar-refractivity contribution in [3.05, 3.63) is 169 Å². The molecule has 0 amide bonds. The zero-order chi connectivity index (χ0) is 37.5. The van der Waals surface area contributed by atoms with Crippen molar-refractivity contribution in [2.75, 3.05) is 62.2 Å². The van der Waals surface area contributed by atoms with E-state index in [1.54, 1.807) is 11.3 Å². The number of oxazole rings is 1. The maximum Gasteiger partial charge on any atom is 0.227 e. The Morgan fingerprint density at radius 3 is 1.46 bits per heavy atom. The summed E-state index contributed by atoms with van der Waals surface area (Å²) in [6.07, 6.45) is 0. The lowest BCUT2D eigenvalue weighted by Gasteiger charge is -2.36. The second kappa shape index (κ2) is 18.0. The van der Waals surface area contributed by atoms with Gasteiger partial charge in [-0.15, -0.1) is 11.3 Å². The average molecular weight is 771 g/mol. The highest BCUT2D eigenvalue weighted by molar-refractivity contribution is 7.21. The van der Waals surface area contributed by atoms with Crippen molar-refractivity contribution < 1.29 is 4.42 Å². The Balaban J connectivity index is 0.000000157. The van der Waals surface area contributed by atoms with E-state index >= 15 is 0 Å². The number of benzene rings is 6. The molecule has 0 aliphatic carbocycles. The molecule has 2 aromatic heterocycles. The van der Waals surface area contributed by atoms with Gasteiger partial charge < -0.3 is 14.2 Å². The van der Waals surface area contributed by atoms with E-state index in [0.29, 0.717) is 5.89 Å². The highest BCUT2D eigenvalue weighted by Gasteiger charge is 2.19. The third-order valence-corrected chi connectivity index (χ3v) is 11.9. The zero-order valence-electron chi connectivity index (χ0n) is 31.6. The molecule has 6 aromatic carbocycles. The van der Waals surface area contributed by atoms with Crippen LogP contribution in [0.3, 0.4) is 0 Å². The van der Waals surface area contributed by atoms with Crippen molar-refractivity contribution in [3.63, 3.8) is 0 Å². The molecule has 0 spiro atoms. The summed E-state index contributed by atoms with van der Waals surface area (Å²) in [7, 11) is 0. The van der Waals surface area contributed by atoms with E-state index < -0.39 is 0 Å². The molecule has 57 heavy (non-hydrogen) atoms. The van der Waals surface area contributed by atoms with Crippen molar-refractivity contribution in [1.82, 2.24) is 19.8 Å². The van der Waals surface area contributed by atoms with E-state index in [1.165, 1.54) is 32.8 Å². The van der Waals surface area contributed by atoms with Crippen molar-refractivity contribution in [2.24, 2.45) is 0 Å². The number of fused-ring (bicyclic) bond motifs is 2. The van der Waals surface area contributed by atoms with Crippen LogP contribution >= 0.6 is 11.3 Å². The summed E-state index contributed by atoms with van der Waals surface area (Å²) in [5, 5.41) is 1.10. The molecule has 0 unspecified atom stereocenters. The molecular weight excluding hydrogens is 721 g/mol. The Labute approximate surface area is 340 Å². The molecule has 0 N–H and O–H groups in total. The quantitative estimate of drug-likeness (QED) is 0.152. The van der Waals surface area contributed by atoms with Crippen LogP contribution in [0.25, 0.3) is 43.3 Å². The number of rotatable bonds is 8. The van der Waals surface area contributed by atoms with Crippen LogP contribution in [-0.2, 0) is 13.1 Å². The van der Waals surface area contributed by atoms with Crippen LogP contribution in [0, 0.1) is 0 Å². The SMILES string of the molecule is C.c1ccc(CN2CCN(c3ccc(-c4nc5ccccc5o4)cc3)CC2)cc1.c1ccc(CN2CCN(c3ccc(-c4nc5ccccc5s4)cc3)CC2)cc1. The number of hydrogen-bond donors (Lipinski definition) is 0. The molecule has 0 radical (unpaired) electrons. The normalized spacial score (nSPS) is 14.9. The minimum absolute atomic E-state index is 0. The minimum Gasteiger partial charge on any atom is -0.436 e. The Bertz CT molecular complexity index is 2210. The Hall–Kier alpha value is -5.80. The summed E-state index contributed by atoms with van der Waals surface area (Å²) in [6, 6.07) is 55.2. The molecule has 10 rings (SSSR count). The van der Waals surface area contributed by atoms with Crippen LogP contribution < -0.4 is 9.80 Å². The lowest BCUT2D eigenvalue weighted by Crippen LogP contribution is -2.45. The summed E-state index contributed by atoms with van der Waals surface area (Å²) in [6.45, 7) is 10.7. The van der Waals surface area contributed by atoms with Gasteiger partial charge in [-0.3, -0.25) is 9.80 Å². The smallest absolute Gasteiger partial charge is 0.227 e. The summed E-state index contributed by atoms with van der Waals surface area (Å²) in [5.41, 5.74) is 10.4. The number of nitrogens with zero attached hydrogens (tertiary/aromatic N) is 6. The minimum atomic E-state index is 0. The highest BCUT2D eigenvalue weighted by Crippen LogP contribution is 2.32. The fraction of sp³-hybridized carbons (Fsp3) is 0.224. The standard InChI is InChI=1S/C24H23N3O.C24H23N3S.CH4/c2*1-2-6-19(7-3-1)18-26-14-16-27(17-15-26)21-12-10-20(11-13-21)24-25-22-8-4-5-9-23(22)28-24;/h2*1-13H,14-18H2;1H4. The first-order chi connectivity index (χ1) is 27.7. The van der Waals surface area contributed by atoms with Crippen molar-refractivity contribution >= 4 is 44.0 Å². The van der Waals surface area contributed by atoms with E-state index in [-0.39, 0.29) is 7.43 Å². The Morgan fingerprint density at radius 2 is 0.930 bits per heavy atom. The molecule has 4 heterocycles. The number of para-hydroxylation sites is 3. The predicted octanol–water partition coefficient (Wildman–Crippen LogP) is 10.7. The van der Waals surface area contributed by atoms with Crippen molar-refractivity contribution in [3.8, 4) is 22.0 Å². The number of hydrogen-bond acceptors (Lipinski definition) is 8. The van der Waals surface area contributed by atoms with Gasteiger partial charge in [0.05, 0.1) is 10.2 Å². The van der Waals surface area contributed by atoms with E-state index in [9.17, 15) is 0 Å². The number of piperazine rings is 2. The van der Waals surface area contributed by atoms with Crippen LogP contribution in [0.1, 0.15) is 18.6 Å². The summed E-state index contributed by atoms with van der Waals surface area (Å²) >= 11 is 1.76. The van der Waals surface area contributed by atoms with Crippen molar-refractivity contribution in [2.45, 2.75) is 20.5 Å². The van der Waals surface area contributed by atoms with Gasteiger partial charge in [-0.25, -0.2) is 9.97 Å². The van der Waals surface area contributed by atoms with Gasteiger partial charge in [0.25, 0.3) is 0 Å². The highest BCUT2D eigenvalue weighted by atomic mass is 32.1. The van der Waals surface area contributed by atoms with E-state index in [0.717, 1.165) is 92.6 Å². The third kappa shape index (κ3) is 9.26. The molecule has 288 valence electrons. The molecule has 2 aliphatic rings. The van der Waals surface area contributed by atoms with Gasteiger partial charge >= 0.3 is 0 Å². The molecule has 2 aliphatic heterocycles. The van der Waals surface area contributed by atoms with Crippen LogP contribution in [0.5, 0.6) is 0 Å². The summed E-state index contributed by atoms with van der Waals surface area (Å²) in [5.74, 6) is 0.681. The zero-order valence-corrected chi connectivity index (χ0v) is 32.4. The second-order valence-electron chi connectivity index (χ2n) is 14.6. The number of aromatic nitrogens is 2. The molecule has 0 saturated carbocycles. The van der Waals surface area contributed by atoms with E-state index in [4.69, 9.17) is 9.40 Å². The lowest BCUT2D eigenvalue weighted by molar-refractivity contribution is 0.250. The first-order valence-electron chi connectivity index (χ1n) is 19.6. The molecule has 2 saturated heterocycles. The maximum absolute atomic E-state index is 5.88. The number of anilines is 2. The molecule has 0 atom stereocenters. The molecule has 2 fully saturated rings. The largest absolute Gasteiger partial charge is 0.436 e. The van der Waals surface area contributed by atoms with E-state index in [2.05, 4.69) is 152 Å². The van der Waals surface area contributed by atoms with Crippen LogP contribution in [0.2, 0.25) is 0 Å². The third-order valence-electron chi connectivity index (χ3n) is 10.8. The number of thiazole rings is 1. The summed E-state index contributed by atoms with van der Waals surface area (Å²) in [4.78, 5) is 19.4. The van der Waals surface area contributed by atoms with Crippen LogP contribution in [0.15, 0.2) is 162 Å². The van der Waals surface area contributed by atoms with Crippen molar-refractivity contribution in [1.29, 1.82) is 0 Å². The van der Waals surface area contributed by atoms with Gasteiger partial charge in [0.2, 0.25) is 5.89 Å². The van der Waals surface area contributed by atoms with Gasteiger partial charge in [0.1, 0.15) is 10.5 Å². The van der Waals surface area contributed by atoms with Gasteiger partial charge in [-0.1, -0.05) is 92.4 Å². The lowest BCUT2D eigenvalue weighted by atomic mass is 10.1. The first-order valence-corrected chi connectivity index (χ1v) is 20.5. The molecule has 8 heteroatoms. The predicted molar refractivity (Wildman–Crippen MR) is 239 cm³/mol. The van der Waals surface area contributed by atoms with Gasteiger partial charge in [-0.05, 0) is 83.9 Å². The Kier molecular flexibility index (Phi) is 12.0. The fourth-order valence-corrected chi connectivity index (χ4v) is 8.60. The molecular formula is C49H50N6OS. The van der Waals surface area contributed by atoms with Gasteiger partial charge in [-0.2, -0.15) is 0 Å². The topological polar surface area (TPSA) is 51.9 Å². The average Bonchev–Trinajstić information content (AvgIpc) is 3.91. The van der Waals surface area contributed by atoms with Crippen LogP contribution in [-0.4, -0.2) is 72.1 Å². The first kappa shape index (κ1) is 38.1. The Morgan fingerprint density at radius 1 is 0.456 bits per heavy atom. The van der Waals surface area contributed by atoms with E-state index in [1.807, 2.05) is 30.3 Å². The van der Waals surface area contributed by atoms with Gasteiger partial charge in [0.15, 0.2) is 5.58 Å².